The Bertz CT molecular complexity index is 486. The molecule has 0 aliphatic rings. The van der Waals surface area contributed by atoms with Crippen LogP contribution in [-0.4, -0.2) is 15.5 Å². The van der Waals surface area contributed by atoms with E-state index in [0.717, 1.165) is 16.7 Å². The lowest BCUT2D eigenvalue weighted by molar-refractivity contribution is 0.0959. The van der Waals surface area contributed by atoms with E-state index in [4.69, 9.17) is 0 Å². The second kappa shape index (κ2) is 3.69. The number of hydrogen-bond donors (Lipinski definition) is 0. The van der Waals surface area contributed by atoms with Gasteiger partial charge in [0, 0.05) is 18.0 Å². The van der Waals surface area contributed by atoms with Crippen LogP contribution in [-0.2, 0) is 0 Å². The van der Waals surface area contributed by atoms with Gasteiger partial charge >= 0.3 is 0 Å². The standard InChI is InChI=1S/C12H12N2O/c1-9-4-3-5-11(10(9)2)12(15)14-7-6-13-8-14/h3-8H,1-2H3. The molecule has 0 fully saturated rings. The quantitative estimate of drug-likeness (QED) is 0.707. The summed E-state index contributed by atoms with van der Waals surface area (Å²) in [5.41, 5.74) is 2.88. The minimum absolute atomic E-state index is 0.0336. The van der Waals surface area contributed by atoms with E-state index in [9.17, 15) is 4.79 Å². The van der Waals surface area contributed by atoms with Crippen molar-refractivity contribution >= 4 is 5.91 Å². The average Bonchev–Trinajstić information content (AvgIpc) is 2.74. The SMILES string of the molecule is Cc1cccc(C(=O)n2ccnc2)c1C. The fourth-order valence-electron chi connectivity index (χ4n) is 1.50. The van der Waals surface area contributed by atoms with Gasteiger partial charge in [-0.15, -0.1) is 0 Å². The molecule has 0 bridgehead atoms. The Balaban J connectivity index is 2.47. The number of carbonyl (C=O) groups excluding carboxylic acids is 1. The van der Waals surface area contributed by atoms with Crippen LogP contribution >= 0.6 is 0 Å². The number of aryl methyl sites for hydroxylation is 1. The van der Waals surface area contributed by atoms with Gasteiger partial charge in [-0.3, -0.25) is 9.36 Å². The minimum Gasteiger partial charge on any atom is -0.272 e. The van der Waals surface area contributed by atoms with Crippen LogP contribution in [0.4, 0.5) is 0 Å². The molecule has 2 aromatic rings. The van der Waals surface area contributed by atoms with Gasteiger partial charge in [-0.25, -0.2) is 4.98 Å². The summed E-state index contributed by atoms with van der Waals surface area (Å²) in [4.78, 5) is 15.9. The summed E-state index contributed by atoms with van der Waals surface area (Å²) in [5, 5.41) is 0. The lowest BCUT2D eigenvalue weighted by Gasteiger charge is -2.07. The molecule has 0 aliphatic heterocycles. The first-order valence-electron chi connectivity index (χ1n) is 4.79. The molecule has 1 aromatic heterocycles. The first-order valence-corrected chi connectivity index (χ1v) is 4.79. The maximum atomic E-state index is 12.0. The monoisotopic (exact) mass is 200 g/mol. The van der Waals surface area contributed by atoms with Crippen molar-refractivity contribution in [1.29, 1.82) is 0 Å². The van der Waals surface area contributed by atoms with Gasteiger partial charge in [-0.2, -0.15) is 0 Å². The van der Waals surface area contributed by atoms with Crippen LogP contribution in [0.25, 0.3) is 0 Å². The van der Waals surface area contributed by atoms with E-state index in [1.165, 1.54) is 10.9 Å². The Labute approximate surface area is 88.4 Å². The Morgan fingerprint density at radius 2 is 2.13 bits per heavy atom. The lowest BCUT2D eigenvalue weighted by Crippen LogP contribution is -2.11. The van der Waals surface area contributed by atoms with E-state index in [0.29, 0.717) is 0 Å². The van der Waals surface area contributed by atoms with E-state index >= 15 is 0 Å². The van der Waals surface area contributed by atoms with Gasteiger partial charge in [-0.05, 0) is 31.0 Å². The van der Waals surface area contributed by atoms with Crippen molar-refractivity contribution < 1.29 is 4.79 Å². The predicted molar refractivity (Wildman–Crippen MR) is 57.9 cm³/mol. The highest BCUT2D eigenvalue weighted by Gasteiger charge is 2.11. The molecule has 15 heavy (non-hydrogen) atoms. The van der Waals surface area contributed by atoms with Crippen molar-refractivity contribution in [2.45, 2.75) is 13.8 Å². The van der Waals surface area contributed by atoms with Crippen LogP contribution in [0.15, 0.2) is 36.9 Å². The van der Waals surface area contributed by atoms with Crippen LogP contribution in [0.2, 0.25) is 0 Å². The highest BCUT2D eigenvalue weighted by molar-refractivity contribution is 5.97. The Kier molecular flexibility index (Phi) is 2.37. The fourth-order valence-corrected chi connectivity index (χ4v) is 1.50. The molecule has 0 aliphatic carbocycles. The molecule has 0 N–H and O–H groups in total. The van der Waals surface area contributed by atoms with Crippen molar-refractivity contribution in [1.82, 2.24) is 9.55 Å². The fraction of sp³-hybridized carbons (Fsp3) is 0.167. The summed E-state index contributed by atoms with van der Waals surface area (Å²) in [6, 6.07) is 5.73. The molecule has 0 saturated heterocycles. The van der Waals surface area contributed by atoms with Gasteiger partial charge in [-0.1, -0.05) is 12.1 Å². The summed E-state index contributed by atoms with van der Waals surface area (Å²) in [6.07, 6.45) is 4.78. The van der Waals surface area contributed by atoms with Crippen molar-refractivity contribution in [3.8, 4) is 0 Å². The number of aromatic nitrogens is 2. The highest BCUT2D eigenvalue weighted by Crippen LogP contribution is 2.13. The number of nitrogens with zero attached hydrogens (tertiary/aromatic N) is 2. The molecule has 1 aromatic carbocycles. The highest BCUT2D eigenvalue weighted by atomic mass is 16.2. The van der Waals surface area contributed by atoms with Crippen molar-refractivity contribution in [3.63, 3.8) is 0 Å². The molecule has 0 unspecified atom stereocenters. The first-order chi connectivity index (χ1) is 7.20. The molecule has 0 amide bonds. The van der Waals surface area contributed by atoms with Crippen LogP contribution in [0.1, 0.15) is 21.5 Å². The van der Waals surface area contributed by atoms with Gasteiger partial charge in [0.25, 0.3) is 5.91 Å². The Hall–Kier alpha value is -1.90. The third-order valence-corrected chi connectivity index (χ3v) is 2.57. The molecule has 0 saturated carbocycles. The minimum atomic E-state index is -0.0336. The Morgan fingerprint density at radius 3 is 2.80 bits per heavy atom. The number of rotatable bonds is 1. The topological polar surface area (TPSA) is 34.9 Å². The lowest BCUT2D eigenvalue weighted by atomic mass is 10.0. The zero-order chi connectivity index (χ0) is 10.8. The van der Waals surface area contributed by atoms with Gasteiger partial charge in [0.2, 0.25) is 0 Å². The van der Waals surface area contributed by atoms with Crippen molar-refractivity contribution in [3.05, 3.63) is 53.6 Å². The molecule has 3 nitrogen and oxygen atoms in total. The molecular weight excluding hydrogens is 188 g/mol. The molecule has 3 heteroatoms. The number of hydrogen-bond acceptors (Lipinski definition) is 2. The summed E-state index contributed by atoms with van der Waals surface area (Å²) in [5.74, 6) is -0.0336. The largest absolute Gasteiger partial charge is 0.272 e. The van der Waals surface area contributed by atoms with Gasteiger partial charge in [0.05, 0.1) is 0 Å². The summed E-state index contributed by atoms with van der Waals surface area (Å²) in [7, 11) is 0. The van der Waals surface area contributed by atoms with Crippen molar-refractivity contribution in [2.24, 2.45) is 0 Å². The molecule has 76 valence electrons. The normalized spacial score (nSPS) is 10.3. The number of benzene rings is 1. The molecule has 0 atom stereocenters. The number of carbonyl (C=O) groups is 1. The van der Waals surface area contributed by atoms with E-state index in [2.05, 4.69) is 4.98 Å². The zero-order valence-corrected chi connectivity index (χ0v) is 8.77. The average molecular weight is 200 g/mol. The third kappa shape index (κ3) is 1.68. The summed E-state index contributed by atoms with van der Waals surface area (Å²) < 4.78 is 1.49. The summed E-state index contributed by atoms with van der Waals surface area (Å²) >= 11 is 0. The first kappa shape index (κ1) is 9.65. The smallest absolute Gasteiger partial charge is 0.263 e. The predicted octanol–water partition coefficient (Wildman–Crippen LogP) is 2.19. The van der Waals surface area contributed by atoms with Gasteiger partial charge < -0.3 is 0 Å². The Morgan fingerprint density at radius 1 is 1.33 bits per heavy atom. The van der Waals surface area contributed by atoms with Gasteiger partial charge in [0.15, 0.2) is 0 Å². The van der Waals surface area contributed by atoms with Crippen LogP contribution in [0.5, 0.6) is 0 Å². The van der Waals surface area contributed by atoms with E-state index in [1.54, 1.807) is 12.4 Å². The molecule has 2 rings (SSSR count). The maximum Gasteiger partial charge on any atom is 0.263 e. The maximum absolute atomic E-state index is 12.0. The van der Waals surface area contributed by atoms with Crippen LogP contribution in [0, 0.1) is 13.8 Å². The zero-order valence-electron chi connectivity index (χ0n) is 8.77. The summed E-state index contributed by atoms with van der Waals surface area (Å²) in [6.45, 7) is 3.96. The van der Waals surface area contributed by atoms with Gasteiger partial charge in [0.1, 0.15) is 6.33 Å². The van der Waals surface area contributed by atoms with Crippen LogP contribution in [0.3, 0.4) is 0 Å². The number of imidazole rings is 1. The second-order valence-corrected chi connectivity index (χ2v) is 3.52. The van der Waals surface area contributed by atoms with Crippen LogP contribution < -0.4 is 0 Å². The van der Waals surface area contributed by atoms with E-state index in [1.807, 2.05) is 32.0 Å². The van der Waals surface area contributed by atoms with Crippen molar-refractivity contribution in [2.75, 3.05) is 0 Å². The van der Waals surface area contributed by atoms with E-state index < -0.39 is 0 Å². The second-order valence-electron chi connectivity index (χ2n) is 3.52. The third-order valence-electron chi connectivity index (χ3n) is 2.57. The van der Waals surface area contributed by atoms with E-state index in [-0.39, 0.29) is 5.91 Å². The molecule has 1 heterocycles. The molecule has 0 radical (unpaired) electrons. The molecular formula is C12H12N2O. The molecule has 0 spiro atoms.